The van der Waals surface area contributed by atoms with E-state index in [-0.39, 0.29) is 6.10 Å². The lowest BCUT2D eigenvalue weighted by atomic mass is 10.1. The van der Waals surface area contributed by atoms with Crippen molar-refractivity contribution < 1.29 is 5.11 Å². The van der Waals surface area contributed by atoms with Gasteiger partial charge in [0.2, 0.25) is 0 Å². The highest BCUT2D eigenvalue weighted by Gasteiger charge is 2.41. The van der Waals surface area contributed by atoms with Gasteiger partial charge >= 0.3 is 0 Å². The van der Waals surface area contributed by atoms with E-state index in [9.17, 15) is 5.11 Å². The van der Waals surface area contributed by atoms with E-state index in [0.29, 0.717) is 11.4 Å². The molecule has 2 atom stereocenters. The normalized spacial score (nSPS) is 40.9. The number of hydrogen-bond acceptors (Lipinski definition) is 1. The number of halogens is 1. The zero-order chi connectivity index (χ0) is 7.84. The Bertz CT molecular complexity index is 145. The summed E-state index contributed by atoms with van der Waals surface area (Å²) in [4.78, 5) is 2.37. The molecule has 0 aromatic heterocycles. The fraction of sp³-hybridized carbons (Fsp3) is 1.00. The van der Waals surface area contributed by atoms with Crippen LogP contribution in [0.15, 0.2) is 0 Å². The van der Waals surface area contributed by atoms with Crippen molar-refractivity contribution in [2.45, 2.75) is 36.8 Å². The molecule has 3 heteroatoms. The minimum Gasteiger partial charge on any atom is -0.299 e. The Kier molecular flexibility index (Phi) is 2.08. The number of nitrogens with zero attached hydrogens (tertiary/aromatic N) is 1. The molecule has 2 unspecified atom stereocenters. The first-order valence-electron chi connectivity index (χ1n) is 4.31. The van der Waals surface area contributed by atoms with Gasteiger partial charge in [0.1, 0.15) is 0 Å². The molecule has 1 radical (unpaired) electrons. The zero-order valence-corrected chi connectivity index (χ0v) is 7.26. The van der Waals surface area contributed by atoms with Crippen LogP contribution in [0.25, 0.3) is 0 Å². The molecular weight excluding hydrogens is 162 g/mol. The van der Waals surface area contributed by atoms with Crippen LogP contribution in [0.4, 0.5) is 0 Å². The minimum atomic E-state index is -0.307. The third kappa shape index (κ3) is 1.68. The van der Waals surface area contributed by atoms with Crippen molar-refractivity contribution in [2.24, 2.45) is 0 Å². The SMILES string of the molecule is [O]C1CCN(C2CC2Cl)CC1. The van der Waals surface area contributed by atoms with Gasteiger partial charge < -0.3 is 0 Å². The van der Waals surface area contributed by atoms with Gasteiger partial charge in [-0.1, -0.05) is 0 Å². The molecular formula is C8H13ClNO. The van der Waals surface area contributed by atoms with E-state index in [1.807, 2.05) is 0 Å². The summed E-state index contributed by atoms with van der Waals surface area (Å²) in [5.41, 5.74) is 0. The second-order valence-electron chi connectivity index (χ2n) is 3.55. The molecule has 2 nitrogen and oxygen atoms in total. The molecule has 1 saturated carbocycles. The highest BCUT2D eigenvalue weighted by molar-refractivity contribution is 6.23. The lowest BCUT2D eigenvalue weighted by Crippen LogP contribution is -2.37. The molecule has 0 N–H and O–H groups in total. The van der Waals surface area contributed by atoms with Gasteiger partial charge in [-0.25, -0.2) is 5.11 Å². The molecule has 1 heterocycles. The Morgan fingerprint density at radius 1 is 1.27 bits per heavy atom. The number of rotatable bonds is 1. The fourth-order valence-corrected chi connectivity index (χ4v) is 2.08. The van der Waals surface area contributed by atoms with Crippen LogP contribution >= 0.6 is 11.6 Å². The van der Waals surface area contributed by atoms with E-state index in [1.54, 1.807) is 0 Å². The molecule has 0 aromatic rings. The van der Waals surface area contributed by atoms with Crippen molar-refractivity contribution in [3.05, 3.63) is 0 Å². The summed E-state index contributed by atoms with van der Waals surface area (Å²) in [6.45, 7) is 1.95. The average molecular weight is 175 g/mol. The lowest BCUT2D eigenvalue weighted by Gasteiger charge is -2.28. The molecule has 2 rings (SSSR count). The molecule has 0 aromatic carbocycles. The predicted molar refractivity (Wildman–Crippen MR) is 43.3 cm³/mol. The van der Waals surface area contributed by atoms with Crippen molar-refractivity contribution in [3.8, 4) is 0 Å². The Hall–Kier alpha value is 0.210. The van der Waals surface area contributed by atoms with Crippen LogP contribution in [0.5, 0.6) is 0 Å². The highest BCUT2D eigenvalue weighted by Crippen LogP contribution is 2.34. The van der Waals surface area contributed by atoms with E-state index in [4.69, 9.17) is 11.6 Å². The van der Waals surface area contributed by atoms with Gasteiger partial charge in [0, 0.05) is 19.1 Å². The summed E-state index contributed by atoms with van der Waals surface area (Å²) in [7, 11) is 0. The van der Waals surface area contributed by atoms with E-state index < -0.39 is 0 Å². The van der Waals surface area contributed by atoms with Crippen LogP contribution in [0.2, 0.25) is 0 Å². The second-order valence-corrected chi connectivity index (χ2v) is 4.11. The van der Waals surface area contributed by atoms with Gasteiger partial charge in [-0.05, 0) is 19.3 Å². The molecule has 1 aliphatic heterocycles. The number of likely N-dealkylation sites (tertiary alicyclic amines) is 1. The topological polar surface area (TPSA) is 23.1 Å². The van der Waals surface area contributed by atoms with Crippen LogP contribution in [-0.2, 0) is 5.11 Å². The molecule has 0 bridgehead atoms. The third-order valence-corrected chi connectivity index (χ3v) is 3.10. The fourth-order valence-electron chi connectivity index (χ4n) is 1.74. The summed E-state index contributed by atoms with van der Waals surface area (Å²) in [5, 5.41) is 11.3. The first-order valence-corrected chi connectivity index (χ1v) is 4.75. The van der Waals surface area contributed by atoms with Crippen LogP contribution < -0.4 is 0 Å². The van der Waals surface area contributed by atoms with Crippen LogP contribution in [0.3, 0.4) is 0 Å². The van der Waals surface area contributed by atoms with E-state index in [1.165, 1.54) is 0 Å². The van der Waals surface area contributed by atoms with Gasteiger partial charge in [0.15, 0.2) is 0 Å². The Morgan fingerprint density at radius 2 is 1.82 bits per heavy atom. The summed E-state index contributed by atoms with van der Waals surface area (Å²) < 4.78 is 0. The van der Waals surface area contributed by atoms with Crippen LogP contribution in [0, 0.1) is 0 Å². The van der Waals surface area contributed by atoms with Crippen molar-refractivity contribution in [1.29, 1.82) is 0 Å². The highest BCUT2D eigenvalue weighted by atomic mass is 35.5. The van der Waals surface area contributed by atoms with Gasteiger partial charge in [-0.15, -0.1) is 11.6 Å². The Labute approximate surface area is 72.1 Å². The second kappa shape index (κ2) is 2.92. The Balaban J connectivity index is 1.79. The van der Waals surface area contributed by atoms with Crippen LogP contribution in [0.1, 0.15) is 19.3 Å². The van der Waals surface area contributed by atoms with E-state index in [0.717, 1.165) is 32.4 Å². The summed E-state index contributed by atoms with van der Waals surface area (Å²) in [6, 6.07) is 0.601. The Morgan fingerprint density at radius 3 is 2.27 bits per heavy atom. The van der Waals surface area contributed by atoms with Gasteiger partial charge in [0.05, 0.1) is 11.5 Å². The molecule has 2 fully saturated rings. The van der Waals surface area contributed by atoms with Gasteiger partial charge in [0.25, 0.3) is 0 Å². The maximum atomic E-state index is 11.0. The summed E-state index contributed by atoms with van der Waals surface area (Å²) in [6.07, 6.45) is 2.46. The minimum absolute atomic E-state index is 0.307. The monoisotopic (exact) mass is 174 g/mol. The van der Waals surface area contributed by atoms with Gasteiger partial charge in [-0.2, -0.15) is 0 Å². The molecule has 0 amide bonds. The summed E-state index contributed by atoms with van der Waals surface area (Å²) in [5.74, 6) is 0. The standard InChI is InChI=1S/C8H13ClNO/c9-7-5-8(7)10-3-1-6(11)2-4-10/h6-8H,1-5H2. The number of hydrogen-bond donors (Lipinski definition) is 0. The average Bonchev–Trinajstić information content (AvgIpc) is 2.69. The lowest BCUT2D eigenvalue weighted by molar-refractivity contribution is 0.0257. The van der Waals surface area contributed by atoms with Crippen LogP contribution in [-0.4, -0.2) is 35.5 Å². The first-order chi connectivity index (χ1) is 5.27. The molecule has 1 saturated heterocycles. The number of alkyl halides is 1. The van der Waals surface area contributed by atoms with Crippen molar-refractivity contribution in [2.75, 3.05) is 13.1 Å². The van der Waals surface area contributed by atoms with E-state index in [2.05, 4.69) is 4.90 Å². The molecule has 63 valence electrons. The largest absolute Gasteiger partial charge is 0.299 e. The van der Waals surface area contributed by atoms with Gasteiger partial charge in [-0.3, -0.25) is 4.90 Å². The predicted octanol–water partition coefficient (Wildman–Crippen LogP) is 1.26. The molecule has 11 heavy (non-hydrogen) atoms. The van der Waals surface area contributed by atoms with Crippen molar-refractivity contribution in [1.82, 2.24) is 4.90 Å². The summed E-state index contributed by atoms with van der Waals surface area (Å²) >= 11 is 5.90. The third-order valence-electron chi connectivity index (χ3n) is 2.63. The quantitative estimate of drug-likeness (QED) is 0.549. The maximum absolute atomic E-state index is 11.0. The van der Waals surface area contributed by atoms with Crippen molar-refractivity contribution in [3.63, 3.8) is 0 Å². The first kappa shape index (κ1) is 7.84. The molecule has 2 aliphatic rings. The smallest absolute Gasteiger partial charge is 0.0954 e. The molecule has 0 spiro atoms. The molecule has 1 aliphatic carbocycles. The van der Waals surface area contributed by atoms with Crippen molar-refractivity contribution >= 4 is 11.6 Å². The number of piperidine rings is 1. The maximum Gasteiger partial charge on any atom is 0.0954 e. The van der Waals surface area contributed by atoms with E-state index >= 15 is 0 Å². The zero-order valence-electron chi connectivity index (χ0n) is 6.50.